The van der Waals surface area contributed by atoms with Crippen LogP contribution in [0.2, 0.25) is 0 Å². The maximum atomic E-state index is 12.4. The van der Waals surface area contributed by atoms with Crippen LogP contribution in [0.1, 0.15) is 73.0 Å². The Morgan fingerprint density at radius 2 is 2.14 bits per heavy atom. The smallest absolute Gasteiger partial charge is 0.253 e. The summed E-state index contributed by atoms with van der Waals surface area (Å²) < 4.78 is 7.94. The minimum absolute atomic E-state index is 0. The van der Waals surface area contributed by atoms with Crippen LogP contribution in [0.4, 0.5) is 0 Å². The highest BCUT2D eigenvalue weighted by atomic mass is 16.5. The Kier molecular flexibility index (Phi) is 10.1. The minimum Gasteiger partial charge on any atom is -0.376 e. The molecule has 36 heavy (non-hydrogen) atoms. The van der Waals surface area contributed by atoms with Crippen molar-refractivity contribution in [2.24, 2.45) is 18.0 Å². The molecule has 1 aromatic rings. The van der Waals surface area contributed by atoms with Gasteiger partial charge in [0.15, 0.2) is 0 Å². The van der Waals surface area contributed by atoms with E-state index in [1.165, 1.54) is 5.57 Å². The fourth-order valence-corrected chi connectivity index (χ4v) is 4.78. The van der Waals surface area contributed by atoms with Crippen molar-refractivity contribution in [1.29, 1.82) is 0 Å². The highest BCUT2D eigenvalue weighted by molar-refractivity contribution is 5.94. The van der Waals surface area contributed by atoms with Crippen molar-refractivity contribution < 1.29 is 12.4 Å². The number of ether oxygens (including phenoxy) is 1. The van der Waals surface area contributed by atoms with Gasteiger partial charge in [0.25, 0.3) is 5.91 Å². The fraction of sp³-hybridized carbons (Fsp3) is 0.467. The first kappa shape index (κ1) is 27.5. The quantitative estimate of drug-likeness (QED) is 0.387. The fourth-order valence-electron chi connectivity index (χ4n) is 4.78. The Hall–Kier alpha value is -3.12. The Bertz CT molecular complexity index is 1100. The van der Waals surface area contributed by atoms with Crippen LogP contribution in [0.15, 0.2) is 83.0 Å². The van der Waals surface area contributed by atoms with E-state index in [9.17, 15) is 4.79 Å². The summed E-state index contributed by atoms with van der Waals surface area (Å²) in [6.07, 6.45) is 19.8. The summed E-state index contributed by atoms with van der Waals surface area (Å²) >= 11 is 0. The molecule has 1 fully saturated rings. The predicted molar refractivity (Wildman–Crippen MR) is 153 cm³/mol. The number of nitrogens with zero attached hydrogens (tertiary/aromatic N) is 2. The summed E-state index contributed by atoms with van der Waals surface area (Å²) in [5.74, 6) is 1.25. The van der Waals surface area contributed by atoms with Crippen molar-refractivity contribution in [1.82, 2.24) is 15.2 Å². The molecular formula is C30H46N4O2. The Balaban J connectivity index is 0.00000361. The van der Waals surface area contributed by atoms with Crippen molar-refractivity contribution in [3.8, 4) is 0 Å². The number of nitrogens with one attached hydrogen (secondary N) is 2. The lowest BCUT2D eigenvalue weighted by molar-refractivity contribution is 0.0116. The van der Waals surface area contributed by atoms with E-state index in [1.807, 2.05) is 49.2 Å². The molecule has 0 bridgehead atoms. The molecule has 2 N–H and O–H groups in total. The number of rotatable bonds is 9. The van der Waals surface area contributed by atoms with Gasteiger partial charge in [-0.3, -0.25) is 4.79 Å². The monoisotopic (exact) mass is 494 g/mol. The van der Waals surface area contributed by atoms with Crippen molar-refractivity contribution in [2.75, 3.05) is 6.54 Å². The van der Waals surface area contributed by atoms with E-state index in [2.05, 4.69) is 56.2 Å². The third kappa shape index (κ3) is 7.69. The van der Waals surface area contributed by atoms with Gasteiger partial charge in [-0.05, 0) is 75.7 Å². The van der Waals surface area contributed by atoms with Crippen LogP contribution >= 0.6 is 0 Å². The number of amidine groups is 1. The number of hydrogen-bond donors (Lipinski definition) is 2. The summed E-state index contributed by atoms with van der Waals surface area (Å²) in [5, 5.41) is 6.36. The molecule has 0 spiro atoms. The van der Waals surface area contributed by atoms with Crippen molar-refractivity contribution in [3.05, 3.63) is 83.5 Å². The van der Waals surface area contributed by atoms with Crippen LogP contribution in [0.5, 0.6) is 0 Å². The molecule has 1 saturated heterocycles. The van der Waals surface area contributed by atoms with E-state index >= 15 is 0 Å². The molecule has 1 aromatic heterocycles. The molecule has 6 heteroatoms. The number of aromatic nitrogens is 1. The van der Waals surface area contributed by atoms with E-state index in [0.29, 0.717) is 30.6 Å². The maximum Gasteiger partial charge on any atom is 0.253 e. The zero-order chi connectivity index (χ0) is 26.1. The topological polar surface area (TPSA) is 67.7 Å². The molecule has 6 nitrogen and oxygen atoms in total. The predicted octanol–water partition coefficient (Wildman–Crippen LogP) is 6.47. The molecule has 3 heterocycles. The van der Waals surface area contributed by atoms with Crippen molar-refractivity contribution in [2.45, 2.75) is 72.0 Å². The normalized spacial score (nSPS) is 23.6. The summed E-state index contributed by atoms with van der Waals surface area (Å²) in [6.45, 7) is 13.0. The molecule has 2 aliphatic rings. The third-order valence-corrected chi connectivity index (χ3v) is 6.68. The van der Waals surface area contributed by atoms with E-state index in [4.69, 9.17) is 9.73 Å². The minimum atomic E-state index is -0.0938. The van der Waals surface area contributed by atoms with Crippen molar-refractivity contribution >= 4 is 11.7 Å². The lowest BCUT2D eigenvalue weighted by Gasteiger charge is -2.19. The van der Waals surface area contributed by atoms with Gasteiger partial charge < -0.3 is 19.9 Å². The Labute approximate surface area is 219 Å². The molecule has 0 saturated carbocycles. The lowest BCUT2D eigenvalue weighted by Crippen LogP contribution is -2.32. The van der Waals surface area contributed by atoms with Crippen molar-refractivity contribution in [3.63, 3.8) is 0 Å². The maximum absolute atomic E-state index is 12.4. The van der Waals surface area contributed by atoms with E-state index in [1.54, 1.807) is 0 Å². The average Bonchev–Trinajstić information content (AvgIpc) is 3.46. The van der Waals surface area contributed by atoms with E-state index in [0.717, 1.165) is 48.5 Å². The molecule has 1 unspecified atom stereocenters. The van der Waals surface area contributed by atoms with Crippen LogP contribution in [-0.2, 0) is 11.8 Å². The summed E-state index contributed by atoms with van der Waals surface area (Å²) in [4.78, 5) is 17.2. The number of allylic oxidation sites excluding steroid dienone is 5. The number of carbonyl (C=O) groups is 1. The van der Waals surface area contributed by atoms with E-state index in [-0.39, 0.29) is 14.9 Å². The molecular weight excluding hydrogens is 448 g/mol. The summed E-state index contributed by atoms with van der Waals surface area (Å²) in [6, 6.07) is 1.81. The molecule has 0 aromatic carbocycles. The van der Waals surface area contributed by atoms with Crippen LogP contribution < -0.4 is 10.6 Å². The van der Waals surface area contributed by atoms with Gasteiger partial charge in [0.2, 0.25) is 0 Å². The van der Waals surface area contributed by atoms with Gasteiger partial charge in [-0.15, -0.1) is 0 Å². The molecule has 3 atom stereocenters. The number of aliphatic imine (C=N–C) groups is 1. The second-order valence-electron chi connectivity index (χ2n) is 9.72. The van der Waals surface area contributed by atoms with Crippen LogP contribution in [0.25, 0.3) is 0 Å². The first-order valence-corrected chi connectivity index (χ1v) is 13.1. The van der Waals surface area contributed by atoms with E-state index < -0.39 is 0 Å². The van der Waals surface area contributed by atoms with Gasteiger partial charge in [-0.2, -0.15) is 0 Å². The van der Waals surface area contributed by atoms with Gasteiger partial charge in [-0.25, -0.2) is 4.99 Å². The highest BCUT2D eigenvalue weighted by Gasteiger charge is 2.24. The highest BCUT2D eigenvalue weighted by Crippen LogP contribution is 2.32. The third-order valence-electron chi connectivity index (χ3n) is 6.68. The second kappa shape index (κ2) is 13.3. The molecule has 0 radical (unpaired) electrons. The zero-order valence-corrected chi connectivity index (χ0v) is 22.5. The summed E-state index contributed by atoms with van der Waals surface area (Å²) in [5.41, 5.74) is 4.88. The standard InChI is InChI=1S/C30H42N4O2.2H2/c1-7-10-24(25-12-11-21(4)36-22(5)17-25)18-23(8-2)28-13-14-29(33-28)32-27(9-3)19-31-30(35)26-15-16-34(6)20-26;;/h8-10,13,15-16,18,20-22,25H,2,7,11-12,14,17,19H2,1,3-6H3,(H,31,35)(H,32,33);2*1H/b23-18+,24-10+,27-9+;;/t21-,22+,25?;;/m0../s1. The van der Waals surface area contributed by atoms with Crippen LogP contribution in [0.3, 0.4) is 0 Å². The molecule has 198 valence electrons. The van der Waals surface area contributed by atoms with Crippen LogP contribution in [0, 0.1) is 5.92 Å². The molecule has 3 rings (SSSR count). The SMILES string of the molecule is C=C/C(=C\C(=C/CC)C1CC[C@H](C)O[C@H](C)C1)C1=CCC(N/C(=C/C)CNC(=O)c2ccn(C)c2)=N1.[HH].[HH]. The zero-order valence-electron chi connectivity index (χ0n) is 22.5. The Morgan fingerprint density at radius 3 is 2.81 bits per heavy atom. The number of hydrogen-bond acceptors (Lipinski definition) is 4. The molecule has 2 aliphatic heterocycles. The number of aryl methyl sites for hydroxylation is 1. The summed E-state index contributed by atoms with van der Waals surface area (Å²) in [7, 11) is 1.90. The van der Waals surface area contributed by atoms with Gasteiger partial charge in [0.05, 0.1) is 30.0 Å². The van der Waals surface area contributed by atoms with Gasteiger partial charge in [0.1, 0.15) is 5.84 Å². The van der Waals surface area contributed by atoms with Gasteiger partial charge in [-0.1, -0.05) is 37.8 Å². The second-order valence-corrected chi connectivity index (χ2v) is 9.72. The average molecular weight is 495 g/mol. The lowest BCUT2D eigenvalue weighted by atomic mass is 9.87. The number of carbonyl (C=O) groups excluding carboxylic acids is 1. The largest absolute Gasteiger partial charge is 0.376 e. The number of amides is 1. The molecule has 1 amide bonds. The first-order chi connectivity index (χ1) is 17.3. The van der Waals surface area contributed by atoms with Gasteiger partial charge in [0, 0.05) is 34.4 Å². The Morgan fingerprint density at radius 1 is 1.33 bits per heavy atom. The molecule has 0 aliphatic carbocycles. The van der Waals surface area contributed by atoms with Crippen LogP contribution in [-0.4, -0.2) is 35.1 Å². The van der Waals surface area contributed by atoms with Gasteiger partial charge >= 0.3 is 0 Å². The first-order valence-electron chi connectivity index (χ1n) is 13.1.